The van der Waals surface area contributed by atoms with E-state index in [0.717, 1.165) is 15.0 Å². The van der Waals surface area contributed by atoms with Crippen LogP contribution in [0.2, 0.25) is 0 Å². The average Bonchev–Trinajstić information content (AvgIpc) is 3.15. The number of thiophene rings is 2. The van der Waals surface area contributed by atoms with E-state index < -0.39 is 5.54 Å². The Morgan fingerprint density at radius 1 is 1.40 bits per heavy atom. The highest BCUT2D eigenvalue weighted by molar-refractivity contribution is 7.28. The first kappa shape index (κ1) is 20.1. The molecule has 138 valence electrons. The van der Waals surface area contributed by atoms with Crippen molar-refractivity contribution in [3.05, 3.63) is 21.9 Å². The normalized spacial score (nSPS) is 16.2. The zero-order chi connectivity index (χ0) is 17.2. The van der Waals surface area contributed by atoms with Crippen molar-refractivity contribution in [1.82, 2.24) is 5.32 Å². The van der Waals surface area contributed by atoms with Gasteiger partial charge in [0.15, 0.2) is 0 Å². The second-order valence-electron chi connectivity index (χ2n) is 5.70. The molecule has 0 aromatic carbocycles. The molecule has 1 fully saturated rings. The van der Waals surface area contributed by atoms with E-state index in [9.17, 15) is 9.59 Å². The molecule has 25 heavy (non-hydrogen) atoms. The van der Waals surface area contributed by atoms with Gasteiger partial charge in [-0.25, -0.2) is 4.79 Å². The Kier molecular flexibility index (Phi) is 6.81. The molecule has 0 aliphatic carbocycles. The van der Waals surface area contributed by atoms with Crippen LogP contribution in [0.4, 0.5) is 0 Å². The summed E-state index contributed by atoms with van der Waals surface area (Å²) in [6.45, 7) is 3.35. The first-order valence-electron chi connectivity index (χ1n) is 7.86. The molecule has 2 aromatic rings. The molecule has 1 saturated heterocycles. The fourth-order valence-corrected chi connectivity index (χ4v) is 4.97. The Bertz CT molecular complexity index is 752. The first-order valence-corrected chi connectivity index (χ1v) is 9.55. The van der Waals surface area contributed by atoms with Crippen molar-refractivity contribution < 1.29 is 19.1 Å². The Balaban J connectivity index is 0.00000225. The molecule has 3 N–H and O–H groups in total. The molecule has 6 nitrogen and oxygen atoms in total. The number of hydrogen-bond donors (Lipinski definition) is 2. The van der Waals surface area contributed by atoms with E-state index in [1.165, 1.54) is 11.3 Å². The summed E-state index contributed by atoms with van der Waals surface area (Å²) in [4.78, 5) is 25.2. The van der Waals surface area contributed by atoms with E-state index in [1.54, 1.807) is 18.3 Å². The largest absolute Gasteiger partial charge is 0.462 e. The van der Waals surface area contributed by atoms with Crippen molar-refractivity contribution in [1.29, 1.82) is 0 Å². The van der Waals surface area contributed by atoms with Gasteiger partial charge in [0.25, 0.3) is 0 Å². The van der Waals surface area contributed by atoms with Crippen molar-refractivity contribution in [3.63, 3.8) is 0 Å². The molecule has 3 heterocycles. The number of carbonyl (C=O) groups is 2. The zero-order valence-corrected chi connectivity index (χ0v) is 16.3. The Morgan fingerprint density at radius 2 is 2.12 bits per heavy atom. The highest BCUT2D eigenvalue weighted by Crippen LogP contribution is 2.36. The van der Waals surface area contributed by atoms with Gasteiger partial charge in [0.2, 0.25) is 5.91 Å². The molecule has 0 unspecified atom stereocenters. The third-order valence-electron chi connectivity index (χ3n) is 4.11. The van der Waals surface area contributed by atoms with Crippen LogP contribution in [0.15, 0.2) is 11.4 Å². The van der Waals surface area contributed by atoms with Gasteiger partial charge in [0, 0.05) is 30.0 Å². The molecule has 0 radical (unpaired) electrons. The van der Waals surface area contributed by atoms with E-state index in [4.69, 9.17) is 15.2 Å². The van der Waals surface area contributed by atoms with Gasteiger partial charge in [-0.2, -0.15) is 0 Å². The molecule has 0 bridgehead atoms. The predicted octanol–water partition coefficient (Wildman–Crippen LogP) is 2.69. The van der Waals surface area contributed by atoms with E-state index >= 15 is 0 Å². The number of halogens is 1. The van der Waals surface area contributed by atoms with Crippen molar-refractivity contribution >= 4 is 56.4 Å². The lowest BCUT2D eigenvalue weighted by molar-refractivity contribution is -0.129. The molecule has 0 saturated carbocycles. The number of rotatable bonds is 5. The monoisotopic (exact) mass is 404 g/mol. The minimum absolute atomic E-state index is 0. The Hall–Kier alpha value is -1.19. The van der Waals surface area contributed by atoms with Gasteiger partial charge in [0.1, 0.15) is 4.88 Å². The topological polar surface area (TPSA) is 90.7 Å². The van der Waals surface area contributed by atoms with Crippen molar-refractivity contribution in [2.24, 2.45) is 5.73 Å². The molecular formula is C16H21ClN2O4S2. The molecule has 1 aliphatic rings. The second-order valence-corrected chi connectivity index (χ2v) is 7.66. The number of hydrogen-bond acceptors (Lipinski definition) is 7. The Morgan fingerprint density at radius 3 is 2.80 bits per heavy atom. The van der Waals surface area contributed by atoms with E-state index in [0.29, 0.717) is 37.5 Å². The highest BCUT2D eigenvalue weighted by atomic mass is 35.5. The minimum Gasteiger partial charge on any atom is -0.462 e. The molecule has 3 rings (SSSR count). The van der Waals surface area contributed by atoms with E-state index in [1.807, 2.05) is 11.4 Å². The van der Waals surface area contributed by atoms with Gasteiger partial charge in [-0.15, -0.1) is 35.1 Å². The summed E-state index contributed by atoms with van der Waals surface area (Å²) in [6.07, 6.45) is 1.00. The fourth-order valence-electron chi connectivity index (χ4n) is 2.70. The number of carbonyl (C=O) groups excluding carboxylic acids is 2. The lowest BCUT2D eigenvalue weighted by Crippen LogP contribution is -2.56. The van der Waals surface area contributed by atoms with Gasteiger partial charge in [-0.3, -0.25) is 4.79 Å². The number of nitrogens with two attached hydrogens (primary N) is 1. The lowest BCUT2D eigenvalue weighted by atomic mass is 9.90. The highest BCUT2D eigenvalue weighted by Gasteiger charge is 2.36. The molecule has 9 heteroatoms. The Labute approximate surface area is 160 Å². The smallest absolute Gasteiger partial charge is 0.348 e. The average molecular weight is 405 g/mol. The van der Waals surface area contributed by atoms with Gasteiger partial charge < -0.3 is 20.5 Å². The zero-order valence-electron chi connectivity index (χ0n) is 13.8. The van der Waals surface area contributed by atoms with Gasteiger partial charge >= 0.3 is 5.97 Å². The lowest BCUT2D eigenvalue weighted by Gasteiger charge is -2.31. The predicted molar refractivity (Wildman–Crippen MR) is 102 cm³/mol. The van der Waals surface area contributed by atoms with E-state index in [2.05, 4.69) is 5.32 Å². The molecule has 1 amide bonds. The van der Waals surface area contributed by atoms with Crippen LogP contribution < -0.4 is 11.1 Å². The molecule has 0 spiro atoms. The van der Waals surface area contributed by atoms with Gasteiger partial charge in [0.05, 0.1) is 16.8 Å². The summed E-state index contributed by atoms with van der Waals surface area (Å²) in [5.74, 6) is -0.541. The van der Waals surface area contributed by atoms with E-state index in [-0.39, 0.29) is 30.8 Å². The maximum Gasteiger partial charge on any atom is 0.348 e. The summed E-state index contributed by atoms with van der Waals surface area (Å²) in [7, 11) is 0. The van der Waals surface area contributed by atoms with Crippen LogP contribution in [0.1, 0.15) is 35.0 Å². The number of amides is 1. The SMILES string of the molecule is CCOC(=O)c1sc2ccsc2c1CNC(=O)C1(N)CCOCC1.Cl. The number of nitrogens with one attached hydrogen (secondary N) is 1. The molecule has 2 aromatic heterocycles. The van der Waals surface area contributed by atoms with Gasteiger partial charge in [-0.05, 0) is 31.2 Å². The fraction of sp³-hybridized carbons (Fsp3) is 0.500. The third kappa shape index (κ3) is 4.15. The van der Waals surface area contributed by atoms with Crippen LogP contribution in [0.3, 0.4) is 0 Å². The number of fused-ring (bicyclic) bond motifs is 1. The van der Waals surface area contributed by atoms with Crippen LogP contribution in [0, 0.1) is 0 Å². The summed E-state index contributed by atoms with van der Waals surface area (Å²) >= 11 is 2.95. The molecule has 0 atom stereocenters. The number of esters is 1. The third-order valence-corrected chi connectivity index (χ3v) is 6.39. The van der Waals surface area contributed by atoms with Crippen molar-refractivity contribution in [2.75, 3.05) is 19.8 Å². The van der Waals surface area contributed by atoms with Gasteiger partial charge in [-0.1, -0.05) is 0 Å². The molecule has 1 aliphatic heterocycles. The van der Waals surface area contributed by atoms with Crippen molar-refractivity contribution in [3.8, 4) is 0 Å². The summed E-state index contributed by atoms with van der Waals surface area (Å²) < 4.78 is 12.4. The quantitative estimate of drug-likeness (QED) is 0.747. The summed E-state index contributed by atoms with van der Waals surface area (Å²) in [6, 6.07) is 1.97. The first-order chi connectivity index (χ1) is 11.5. The van der Waals surface area contributed by atoms with Crippen LogP contribution in [0.25, 0.3) is 9.40 Å². The van der Waals surface area contributed by atoms with Crippen molar-refractivity contribution in [2.45, 2.75) is 31.8 Å². The number of ether oxygens (including phenoxy) is 2. The summed E-state index contributed by atoms with van der Waals surface area (Å²) in [5.41, 5.74) is 6.12. The standard InChI is InChI=1S/C16H20N2O4S2.ClH/c1-2-22-14(19)13-10(12-11(24-13)3-8-23-12)9-18-15(20)16(17)4-6-21-7-5-16;/h3,8H,2,4-7,9,17H2,1H3,(H,18,20);1H. The molecular weight excluding hydrogens is 384 g/mol. The van der Waals surface area contributed by atoms with Crippen LogP contribution in [-0.2, 0) is 20.8 Å². The van der Waals surface area contributed by atoms with Crippen LogP contribution in [-0.4, -0.2) is 37.2 Å². The van der Waals surface area contributed by atoms with Crippen LogP contribution >= 0.6 is 35.1 Å². The van der Waals surface area contributed by atoms with Crippen LogP contribution in [0.5, 0.6) is 0 Å². The maximum absolute atomic E-state index is 12.5. The second kappa shape index (κ2) is 8.46. The minimum atomic E-state index is -0.896. The summed E-state index contributed by atoms with van der Waals surface area (Å²) in [5, 5.41) is 4.88. The maximum atomic E-state index is 12.5.